The number of carboxylic acids is 1. The number of aliphatic carboxylic acids is 1. The van der Waals surface area contributed by atoms with E-state index in [0.717, 1.165) is 13.0 Å². The first-order valence-electron chi connectivity index (χ1n) is 7.22. The van der Waals surface area contributed by atoms with E-state index in [0.29, 0.717) is 19.0 Å². The Balaban J connectivity index is 2.36. The molecule has 4 heteroatoms. The van der Waals surface area contributed by atoms with Crippen LogP contribution in [0.4, 0.5) is 0 Å². The van der Waals surface area contributed by atoms with Gasteiger partial charge in [-0.2, -0.15) is 0 Å². The summed E-state index contributed by atoms with van der Waals surface area (Å²) in [6, 6.07) is 0.661. The van der Waals surface area contributed by atoms with Crippen molar-refractivity contribution in [3.63, 3.8) is 0 Å². The molecular weight excluding hydrogens is 228 g/mol. The number of hydrogen-bond acceptors (Lipinski definition) is 3. The Bertz CT molecular complexity index is 271. The third-order valence-corrected chi connectivity index (χ3v) is 4.10. The van der Waals surface area contributed by atoms with Crippen molar-refractivity contribution in [1.82, 2.24) is 10.2 Å². The van der Waals surface area contributed by atoms with Gasteiger partial charge in [0.05, 0.1) is 0 Å². The molecule has 0 spiro atoms. The Hall–Kier alpha value is -0.610. The molecule has 0 radical (unpaired) electrons. The summed E-state index contributed by atoms with van der Waals surface area (Å²) in [6.45, 7) is 8.91. The van der Waals surface area contributed by atoms with E-state index >= 15 is 0 Å². The van der Waals surface area contributed by atoms with E-state index < -0.39 is 11.5 Å². The predicted octanol–water partition coefficient (Wildman–Crippen LogP) is 2.09. The standard InChI is InChI=1S/C14H28N2O2/c1-4-15-14(3,13(17)18)9-7-11-16-10-6-5-8-12(16)2/h12,15H,4-11H2,1-3H3,(H,17,18). The average molecular weight is 256 g/mol. The predicted molar refractivity (Wildman–Crippen MR) is 73.8 cm³/mol. The average Bonchev–Trinajstić information content (AvgIpc) is 2.32. The Kier molecular flexibility index (Phi) is 6.09. The van der Waals surface area contributed by atoms with Gasteiger partial charge in [0.25, 0.3) is 0 Å². The van der Waals surface area contributed by atoms with Gasteiger partial charge in [-0.25, -0.2) is 0 Å². The molecule has 2 unspecified atom stereocenters. The Labute approximate surface area is 111 Å². The van der Waals surface area contributed by atoms with Gasteiger partial charge in [0.2, 0.25) is 0 Å². The lowest BCUT2D eigenvalue weighted by Gasteiger charge is -2.34. The minimum Gasteiger partial charge on any atom is -0.480 e. The van der Waals surface area contributed by atoms with Crippen LogP contribution in [0.2, 0.25) is 0 Å². The van der Waals surface area contributed by atoms with Crippen molar-refractivity contribution in [2.24, 2.45) is 0 Å². The van der Waals surface area contributed by atoms with E-state index in [1.807, 2.05) is 6.92 Å². The highest BCUT2D eigenvalue weighted by Crippen LogP contribution is 2.19. The molecule has 0 saturated carbocycles. The number of nitrogens with zero attached hydrogens (tertiary/aromatic N) is 1. The summed E-state index contributed by atoms with van der Waals surface area (Å²) in [5.74, 6) is -0.740. The molecule has 1 fully saturated rings. The Morgan fingerprint density at radius 3 is 2.78 bits per heavy atom. The molecule has 4 nitrogen and oxygen atoms in total. The lowest BCUT2D eigenvalue weighted by atomic mass is 9.95. The first-order chi connectivity index (χ1) is 8.49. The zero-order valence-corrected chi connectivity index (χ0v) is 12.0. The quantitative estimate of drug-likeness (QED) is 0.732. The molecule has 1 aliphatic heterocycles. The summed E-state index contributed by atoms with van der Waals surface area (Å²) >= 11 is 0. The summed E-state index contributed by atoms with van der Waals surface area (Å²) < 4.78 is 0. The maximum atomic E-state index is 11.3. The van der Waals surface area contributed by atoms with Crippen molar-refractivity contribution >= 4 is 5.97 Å². The van der Waals surface area contributed by atoms with Crippen molar-refractivity contribution in [3.8, 4) is 0 Å². The number of nitrogens with one attached hydrogen (secondary N) is 1. The Morgan fingerprint density at radius 1 is 1.50 bits per heavy atom. The first kappa shape index (κ1) is 15.4. The highest BCUT2D eigenvalue weighted by atomic mass is 16.4. The zero-order valence-electron chi connectivity index (χ0n) is 12.0. The fraction of sp³-hybridized carbons (Fsp3) is 0.929. The summed E-state index contributed by atoms with van der Waals surface area (Å²) in [5.41, 5.74) is -0.770. The maximum absolute atomic E-state index is 11.3. The van der Waals surface area contributed by atoms with Crippen LogP contribution < -0.4 is 5.32 Å². The van der Waals surface area contributed by atoms with Crippen LogP contribution in [0.5, 0.6) is 0 Å². The third-order valence-electron chi connectivity index (χ3n) is 4.10. The second-order valence-electron chi connectivity index (χ2n) is 5.65. The second kappa shape index (κ2) is 7.10. The van der Waals surface area contributed by atoms with Crippen molar-refractivity contribution < 1.29 is 9.90 Å². The van der Waals surface area contributed by atoms with Gasteiger partial charge >= 0.3 is 5.97 Å². The monoisotopic (exact) mass is 256 g/mol. The molecule has 106 valence electrons. The molecule has 1 heterocycles. The van der Waals surface area contributed by atoms with Gasteiger partial charge < -0.3 is 15.3 Å². The molecule has 0 aromatic rings. The van der Waals surface area contributed by atoms with Gasteiger partial charge in [-0.1, -0.05) is 13.3 Å². The number of carbonyl (C=O) groups is 1. The molecule has 2 N–H and O–H groups in total. The number of rotatable bonds is 7. The summed E-state index contributed by atoms with van der Waals surface area (Å²) in [5, 5.41) is 12.4. The topological polar surface area (TPSA) is 52.6 Å². The van der Waals surface area contributed by atoms with Crippen molar-refractivity contribution in [3.05, 3.63) is 0 Å². The smallest absolute Gasteiger partial charge is 0.323 e. The largest absolute Gasteiger partial charge is 0.480 e. The summed E-state index contributed by atoms with van der Waals surface area (Å²) in [4.78, 5) is 13.8. The van der Waals surface area contributed by atoms with Gasteiger partial charge in [0.1, 0.15) is 5.54 Å². The van der Waals surface area contributed by atoms with Crippen LogP contribution >= 0.6 is 0 Å². The van der Waals surface area contributed by atoms with Gasteiger partial charge in [-0.05, 0) is 59.2 Å². The molecule has 0 aromatic heterocycles. The molecule has 0 aliphatic carbocycles. The molecule has 0 aromatic carbocycles. The van der Waals surface area contributed by atoms with E-state index in [4.69, 9.17) is 0 Å². The highest BCUT2D eigenvalue weighted by molar-refractivity contribution is 5.78. The van der Waals surface area contributed by atoms with E-state index in [-0.39, 0.29) is 0 Å². The molecule has 1 rings (SSSR count). The van der Waals surface area contributed by atoms with Crippen molar-refractivity contribution in [2.45, 2.75) is 64.5 Å². The molecule has 1 aliphatic rings. The normalized spacial score (nSPS) is 24.7. The SMILES string of the molecule is CCNC(C)(CCCN1CCCCC1C)C(=O)O. The van der Waals surface area contributed by atoms with Gasteiger partial charge in [0.15, 0.2) is 0 Å². The first-order valence-corrected chi connectivity index (χ1v) is 7.22. The number of carboxylic acid groups (broad SMARTS) is 1. The minimum absolute atomic E-state index is 0.661. The molecular formula is C14H28N2O2. The van der Waals surface area contributed by atoms with E-state index in [2.05, 4.69) is 17.1 Å². The molecule has 0 amide bonds. The number of likely N-dealkylation sites (tertiary alicyclic amines) is 1. The molecule has 1 saturated heterocycles. The van der Waals surface area contributed by atoms with Crippen LogP contribution in [0.15, 0.2) is 0 Å². The van der Waals surface area contributed by atoms with Gasteiger partial charge in [-0.15, -0.1) is 0 Å². The van der Waals surface area contributed by atoms with Crippen LogP contribution in [0.25, 0.3) is 0 Å². The zero-order chi connectivity index (χ0) is 13.6. The van der Waals surface area contributed by atoms with E-state index in [1.54, 1.807) is 6.92 Å². The number of piperidine rings is 1. The third kappa shape index (κ3) is 4.25. The lowest BCUT2D eigenvalue weighted by Crippen LogP contribution is -2.50. The Morgan fingerprint density at radius 2 is 2.22 bits per heavy atom. The summed E-state index contributed by atoms with van der Waals surface area (Å²) in [7, 11) is 0. The summed E-state index contributed by atoms with van der Waals surface area (Å²) in [6.07, 6.45) is 5.54. The molecule has 2 atom stereocenters. The molecule has 18 heavy (non-hydrogen) atoms. The molecule has 0 bridgehead atoms. The highest BCUT2D eigenvalue weighted by Gasteiger charge is 2.31. The van der Waals surface area contributed by atoms with Gasteiger partial charge in [-0.3, -0.25) is 4.79 Å². The fourth-order valence-corrected chi connectivity index (χ4v) is 2.79. The van der Waals surface area contributed by atoms with E-state index in [9.17, 15) is 9.90 Å². The van der Waals surface area contributed by atoms with Crippen LogP contribution in [-0.2, 0) is 4.79 Å². The lowest BCUT2D eigenvalue weighted by molar-refractivity contribution is -0.144. The van der Waals surface area contributed by atoms with Gasteiger partial charge in [0, 0.05) is 6.04 Å². The van der Waals surface area contributed by atoms with Crippen LogP contribution in [-0.4, -0.2) is 47.2 Å². The van der Waals surface area contributed by atoms with Crippen LogP contribution in [0.1, 0.15) is 52.9 Å². The van der Waals surface area contributed by atoms with Crippen molar-refractivity contribution in [2.75, 3.05) is 19.6 Å². The fourth-order valence-electron chi connectivity index (χ4n) is 2.79. The number of hydrogen-bond donors (Lipinski definition) is 2. The van der Waals surface area contributed by atoms with Crippen LogP contribution in [0.3, 0.4) is 0 Å². The van der Waals surface area contributed by atoms with Crippen molar-refractivity contribution in [1.29, 1.82) is 0 Å². The minimum atomic E-state index is -0.770. The second-order valence-corrected chi connectivity index (χ2v) is 5.65. The maximum Gasteiger partial charge on any atom is 0.323 e. The number of likely N-dealkylation sites (N-methyl/N-ethyl adjacent to an activating group) is 1. The van der Waals surface area contributed by atoms with E-state index in [1.165, 1.54) is 25.8 Å². The van der Waals surface area contributed by atoms with Crippen LogP contribution in [0, 0.1) is 0 Å².